The van der Waals surface area contributed by atoms with E-state index < -0.39 is 6.09 Å². The Morgan fingerprint density at radius 1 is 1.04 bits per heavy atom. The summed E-state index contributed by atoms with van der Waals surface area (Å²) < 4.78 is 5.18. The average Bonchev–Trinajstić information content (AvgIpc) is 3.11. The van der Waals surface area contributed by atoms with Gasteiger partial charge < -0.3 is 4.74 Å². The van der Waals surface area contributed by atoms with Gasteiger partial charge in [0.2, 0.25) is 0 Å². The van der Waals surface area contributed by atoms with Gasteiger partial charge in [-0.15, -0.1) is 0 Å². The molecule has 140 valence electrons. The van der Waals surface area contributed by atoms with Crippen LogP contribution in [0.4, 0.5) is 4.79 Å². The number of ether oxygens (including phenoxy) is 1. The molecule has 0 atom stereocenters. The van der Waals surface area contributed by atoms with Gasteiger partial charge in [0.1, 0.15) is 6.61 Å². The maximum Gasteiger partial charge on any atom is 0.414 e. The summed E-state index contributed by atoms with van der Waals surface area (Å²) in [5.74, 6) is 0.0540. The van der Waals surface area contributed by atoms with Gasteiger partial charge in [-0.3, -0.25) is 9.69 Å². The number of unbranched alkanes of at least 4 members (excludes halogenated alkanes) is 1. The summed E-state index contributed by atoms with van der Waals surface area (Å²) in [5, 5.41) is 0. The molecule has 27 heavy (non-hydrogen) atoms. The van der Waals surface area contributed by atoms with Crippen molar-refractivity contribution in [3.63, 3.8) is 0 Å². The summed E-state index contributed by atoms with van der Waals surface area (Å²) in [7, 11) is 0. The van der Waals surface area contributed by atoms with Crippen LogP contribution in [0.5, 0.6) is 0 Å². The highest BCUT2D eigenvalue weighted by molar-refractivity contribution is 6.28. The van der Waals surface area contributed by atoms with Crippen molar-refractivity contribution >= 4 is 23.1 Å². The summed E-state index contributed by atoms with van der Waals surface area (Å²) in [6.45, 7) is 4.86. The van der Waals surface area contributed by atoms with E-state index in [1.807, 2.05) is 61.5 Å². The molecule has 0 N–H and O–H groups in total. The van der Waals surface area contributed by atoms with Crippen LogP contribution in [0.15, 0.2) is 54.6 Å². The van der Waals surface area contributed by atoms with E-state index in [2.05, 4.69) is 6.92 Å². The Morgan fingerprint density at radius 3 is 2.33 bits per heavy atom. The number of benzene rings is 2. The van der Waals surface area contributed by atoms with E-state index in [0.717, 1.165) is 29.5 Å². The quantitative estimate of drug-likeness (QED) is 0.509. The SMILES string of the molecule is CCCCC(=O)/C(=C(\c1ccc(C)cc1)N1CCOC1=O)c1ccccc1. The fourth-order valence-corrected chi connectivity index (χ4v) is 3.24. The van der Waals surface area contributed by atoms with Crippen LogP contribution in [0.25, 0.3) is 11.3 Å². The molecular formula is C23H25NO3. The molecule has 1 aliphatic heterocycles. The van der Waals surface area contributed by atoms with E-state index in [1.165, 1.54) is 0 Å². The fourth-order valence-electron chi connectivity index (χ4n) is 3.24. The minimum Gasteiger partial charge on any atom is -0.447 e. The topological polar surface area (TPSA) is 46.6 Å². The van der Waals surface area contributed by atoms with Crippen LogP contribution in [-0.2, 0) is 9.53 Å². The Labute approximate surface area is 160 Å². The smallest absolute Gasteiger partial charge is 0.414 e. The number of hydrogen-bond donors (Lipinski definition) is 0. The Morgan fingerprint density at radius 2 is 1.74 bits per heavy atom. The molecule has 1 heterocycles. The van der Waals surface area contributed by atoms with E-state index in [1.54, 1.807) is 4.90 Å². The molecule has 1 fully saturated rings. The molecule has 1 amide bonds. The van der Waals surface area contributed by atoms with Gasteiger partial charge in [-0.25, -0.2) is 4.79 Å². The number of carbonyl (C=O) groups excluding carboxylic acids is 2. The standard InChI is InChI=1S/C23H25NO3/c1-3-4-10-20(25)21(18-8-6-5-7-9-18)22(24-15-16-27-23(24)26)19-13-11-17(2)12-14-19/h5-9,11-14H,3-4,10,15-16H2,1-2H3/b22-21+. The molecule has 1 aliphatic rings. The van der Waals surface area contributed by atoms with E-state index in [9.17, 15) is 9.59 Å². The third-order valence-corrected chi connectivity index (χ3v) is 4.69. The van der Waals surface area contributed by atoms with Gasteiger partial charge in [0.15, 0.2) is 5.78 Å². The molecule has 0 saturated carbocycles. The molecule has 0 spiro atoms. The largest absolute Gasteiger partial charge is 0.447 e. The van der Waals surface area contributed by atoms with Crippen molar-refractivity contribution in [3.05, 3.63) is 71.3 Å². The first-order chi connectivity index (χ1) is 13.1. The molecular weight excluding hydrogens is 338 g/mol. The first kappa shape index (κ1) is 18.9. The van der Waals surface area contributed by atoms with Gasteiger partial charge in [-0.05, 0) is 24.5 Å². The summed E-state index contributed by atoms with van der Waals surface area (Å²) in [5.41, 5.74) is 4.04. The summed E-state index contributed by atoms with van der Waals surface area (Å²) in [4.78, 5) is 27.2. The van der Waals surface area contributed by atoms with Gasteiger partial charge in [0, 0.05) is 12.0 Å². The van der Waals surface area contributed by atoms with E-state index >= 15 is 0 Å². The van der Waals surface area contributed by atoms with Crippen molar-refractivity contribution in [1.29, 1.82) is 0 Å². The number of rotatable bonds is 7. The van der Waals surface area contributed by atoms with E-state index in [4.69, 9.17) is 4.74 Å². The molecule has 0 unspecified atom stereocenters. The number of carbonyl (C=O) groups is 2. The maximum atomic E-state index is 13.2. The third-order valence-electron chi connectivity index (χ3n) is 4.69. The maximum absolute atomic E-state index is 13.2. The van der Waals surface area contributed by atoms with Gasteiger partial charge in [-0.2, -0.15) is 0 Å². The molecule has 1 saturated heterocycles. The van der Waals surface area contributed by atoms with Crippen molar-refractivity contribution in [2.75, 3.05) is 13.2 Å². The lowest BCUT2D eigenvalue weighted by molar-refractivity contribution is -0.113. The zero-order valence-electron chi connectivity index (χ0n) is 15.9. The highest BCUT2D eigenvalue weighted by Gasteiger charge is 2.31. The number of aryl methyl sites for hydroxylation is 1. The Balaban J connectivity index is 2.22. The number of nitrogens with zero attached hydrogens (tertiary/aromatic N) is 1. The lowest BCUT2D eigenvalue weighted by atomic mass is 9.92. The Bertz CT molecular complexity index is 838. The second-order valence-corrected chi connectivity index (χ2v) is 6.75. The van der Waals surface area contributed by atoms with Crippen molar-refractivity contribution in [3.8, 4) is 0 Å². The van der Waals surface area contributed by atoms with Crippen LogP contribution in [0.2, 0.25) is 0 Å². The minimum atomic E-state index is -0.401. The zero-order valence-corrected chi connectivity index (χ0v) is 15.9. The number of allylic oxidation sites excluding steroid dienone is 1. The van der Waals surface area contributed by atoms with E-state index in [0.29, 0.717) is 30.8 Å². The van der Waals surface area contributed by atoms with Crippen LogP contribution >= 0.6 is 0 Å². The van der Waals surface area contributed by atoms with Crippen LogP contribution in [0.1, 0.15) is 42.9 Å². The number of Topliss-reactive ketones (excluding diaryl/α,β-unsaturated/α-hetero) is 1. The molecule has 4 heteroatoms. The minimum absolute atomic E-state index is 0.0540. The van der Waals surface area contributed by atoms with Gasteiger partial charge in [0.05, 0.1) is 12.2 Å². The fraction of sp³-hybridized carbons (Fsp3) is 0.304. The normalized spacial score (nSPS) is 14.7. The highest BCUT2D eigenvalue weighted by atomic mass is 16.6. The summed E-state index contributed by atoms with van der Waals surface area (Å²) in [6, 6.07) is 17.5. The molecule has 0 radical (unpaired) electrons. The van der Waals surface area contributed by atoms with Crippen molar-refractivity contribution in [2.45, 2.75) is 33.1 Å². The highest BCUT2D eigenvalue weighted by Crippen LogP contribution is 2.33. The van der Waals surface area contributed by atoms with Gasteiger partial charge >= 0.3 is 6.09 Å². The van der Waals surface area contributed by atoms with Crippen molar-refractivity contribution in [2.24, 2.45) is 0 Å². The predicted octanol–water partition coefficient (Wildman–Crippen LogP) is 5.07. The number of amides is 1. The van der Waals surface area contributed by atoms with E-state index in [-0.39, 0.29) is 5.78 Å². The molecule has 3 rings (SSSR count). The Hall–Kier alpha value is -2.88. The first-order valence-corrected chi connectivity index (χ1v) is 9.46. The average molecular weight is 363 g/mol. The van der Waals surface area contributed by atoms with Crippen LogP contribution < -0.4 is 0 Å². The summed E-state index contributed by atoms with van der Waals surface area (Å²) in [6.07, 6.45) is 1.82. The lowest BCUT2D eigenvalue weighted by Gasteiger charge is -2.22. The van der Waals surface area contributed by atoms with Crippen LogP contribution in [0, 0.1) is 6.92 Å². The summed E-state index contributed by atoms with van der Waals surface area (Å²) >= 11 is 0. The molecule has 0 aliphatic carbocycles. The first-order valence-electron chi connectivity index (χ1n) is 9.46. The van der Waals surface area contributed by atoms with Gasteiger partial charge in [0.25, 0.3) is 0 Å². The second kappa shape index (κ2) is 8.67. The van der Waals surface area contributed by atoms with Gasteiger partial charge in [-0.1, -0.05) is 73.5 Å². The number of hydrogen-bond acceptors (Lipinski definition) is 3. The molecule has 0 bridgehead atoms. The monoisotopic (exact) mass is 363 g/mol. The van der Waals surface area contributed by atoms with Crippen molar-refractivity contribution in [1.82, 2.24) is 4.90 Å². The van der Waals surface area contributed by atoms with Crippen LogP contribution in [-0.4, -0.2) is 29.9 Å². The Kier molecular flexibility index (Phi) is 6.07. The zero-order chi connectivity index (χ0) is 19.2. The molecule has 4 nitrogen and oxygen atoms in total. The third kappa shape index (κ3) is 4.27. The lowest BCUT2D eigenvalue weighted by Crippen LogP contribution is -2.25. The van der Waals surface area contributed by atoms with Crippen LogP contribution in [0.3, 0.4) is 0 Å². The number of cyclic esters (lactones) is 1. The molecule has 0 aromatic heterocycles. The number of ketones is 1. The second-order valence-electron chi connectivity index (χ2n) is 6.75. The molecule has 2 aromatic carbocycles. The predicted molar refractivity (Wildman–Crippen MR) is 107 cm³/mol. The molecule has 2 aromatic rings. The van der Waals surface area contributed by atoms with Crippen molar-refractivity contribution < 1.29 is 14.3 Å².